The normalized spacial score (nSPS) is 11.7. The molecular formula is C30H31F3O6. The molecule has 0 aliphatic heterocycles. The fourth-order valence-corrected chi connectivity index (χ4v) is 3.97. The maximum absolute atomic E-state index is 13.4. The van der Waals surface area contributed by atoms with Gasteiger partial charge in [-0.25, -0.2) is 4.79 Å². The highest BCUT2D eigenvalue weighted by molar-refractivity contribution is 5.95. The summed E-state index contributed by atoms with van der Waals surface area (Å²) in [4.78, 5) is 24.3. The molecule has 0 saturated carbocycles. The number of halogens is 3. The Morgan fingerprint density at radius 1 is 0.923 bits per heavy atom. The average Bonchev–Trinajstić information content (AvgIpc) is 2.85. The van der Waals surface area contributed by atoms with E-state index in [2.05, 4.69) is 0 Å². The molecule has 3 aromatic carbocycles. The van der Waals surface area contributed by atoms with Crippen molar-refractivity contribution in [2.75, 3.05) is 7.11 Å². The molecule has 0 aromatic heterocycles. The number of aromatic hydroxyl groups is 1. The van der Waals surface area contributed by atoms with Gasteiger partial charge in [-0.05, 0) is 67.6 Å². The maximum Gasteiger partial charge on any atom is 0.419 e. The molecule has 0 amide bonds. The molecule has 0 aliphatic rings. The fraction of sp³-hybridized carbons (Fsp3) is 0.333. The van der Waals surface area contributed by atoms with Gasteiger partial charge in [-0.15, -0.1) is 0 Å². The van der Waals surface area contributed by atoms with E-state index in [-0.39, 0.29) is 24.6 Å². The predicted octanol–water partition coefficient (Wildman–Crippen LogP) is 6.89. The van der Waals surface area contributed by atoms with Crippen molar-refractivity contribution < 1.29 is 42.1 Å². The number of rotatable bonds is 8. The second-order valence-electron chi connectivity index (χ2n) is 9.91. The lowest BCUT2D eigenvalue weighted by Crippen LogP contribution is -2.25. The Labute approximate surface area is 225 Å². The summed E-state index contributed by atoms with van der Waals surface area (Å²) in [5, 5.41) is 10.4. The van der Waals surface area contributed by atoms with Gasteiger partial charge in [0.15, 0.2) is 0 Å². The van der Waals surface area contributed by atoms with Crippen molar-refractivity contribution in [2.45, 2.75) is 58.9 Å². The van der Waals surface area contributed by atoms with Crippen molar-refractivity contribution in [1.82, 2.24) is 0 Å². The second kappa shape index (κ2) is 11.8. The van der Waals surface area contributed by atoms with Crippen LogP contribution in [0.15, 0.2) is 54.6 Å². The largest absolute Gasteiger partial charge is 0.506 e. The molecule has 0 heterocycles. The quantitative estimate of drug-likeness (QED) is 0.311. The lowest BCUT2D eigenvalue weighted by atomic mass is 9.96. The summed E-state index contributed by atoms with van der Waals surface area (Å²) in [6.07, 6.45) is -4.01. The first-order chi connectivity index (χ1) is 18.2. The minimum absolute atomic E-state index is 0.0538. The monoisotopic (exact) mass is 544 g/mol. The third kappa shape index (κ3) is 7.52. The Morgan fingerprint density at radius 2 is 1.59 bits per heavy atom. The summed E-state index contributed by atoms with van der Waals surface area (Å²) in [5.41, 5.74) is 0.821. The molecule has 3 rings (SSSR count). The molecule has 1 N–H and O–H groups in total. The van der Waals surface area contributed by atoms with Gasteiger partial charge in [-0.1, -0.05) is 43.3 Å². The van der Waals surface area contributed by atoms with Gasteiger partial charge in [0.25, 0.3) is 0 Å². The number of ether oxygens (including phenoxy) is 3. The van der Waals surface area contributed by atoms with E-state index < -0.39 is 34.6 Å². The number of carbonyl (C=O) groups excluding carboxylic acids is 2. The van der Waals surface area contributed by atoms with Crippen LogP contribution in [0, 0.1) is 0 Å². The zero-order valence-electron chi connectivity index (χ0n) is 22.4. The molecule has 0 fully saturated rings. The minimum atomic E-state index is -4.86. The molecule has 0 saturated heterocycles. The van der Waals surface area contributed by atoms with Crippen molar-refractivity contribution >= 4 is 11.9 Å². The topological polar surface area (TPSA) is 82.1 Å². The number of phenols is 1. The van der Waals surface area contributed by atoms with Crippen molar-refractivity contribution in [1.29, 1.82) is 0 Å². The molecule has 0 radical (unpaired) electrons. The van der Waals surface area contributed by atoms with Crippen molar-refractivity contribution in [3.63, 3.8) is 0 Å². The van der Waals surface area contributed by atoms with Gasteiger partial charge >= 0.3 is 18.1 Å². The molecule has 39 heavy (non-hydrogen) atoms. The molecule has 3 aromatic rings. The van der Waals surface area contributed by atoms with Gasteiger partial charge in [0, 0.05) is 5.56 Å². The maximum atomic E-state index is 13.4. The molecule has 9 heteroatoms. The molecule has 0 atom stereocenters. The Bertz CT molecular complexity index is 1340. The number of hydrogen-bond donors (Lipinski definition) is 1. The van der Waals surface area contributed by atoms with E-state index in [0.717, 1.165) is 28.3 Å². The smallest absolute Gasteiger partial charge is 0.419 e. The molecular weight excluding hydrogens is 513 g/mol. The SMILES string of the molecule is CCc1cc(OCc2ccc(C(F)(F)F)c(O)c2C(=O)OC(C)(C)C)ccc1-c1ccc(CC(=O)OC)cc1. The molecule has 0 unspecified atom stereocenters. The second-order valence-corrected chi connectivity index (χ2v) is 9.91. The Kier molecular flexibility index (Phi) is 8.94. The van der Waals surface area contributed by atoms with Crippen LogP contribution in [-0.4, -0.2) is 29.8 Å². The van der Waals surface area contributed by atoms with Crippen LogP contribution in [0.4, 0.5) is 13.2 Å². The number of methoxy groups -OCH3 is 1. The van der Waals surface area contributed by atoms with Crippen LogP contribution >= 0.6 is 0 Å². The van der Waals surface area contributed by atoms with Gasteiger partial charge in [-0.2, -0.15) is 13.2 Å². The summed E-state index contributed by atoms with van der Waals surface area (Å²) in [6.45, 7) is 6.43. The van der Waals surface area contributed by atoms with Crippen molar-refractivity contribution in [3.8, 4) is 22.6 Å². The summed E-state index contributed by atoms with van der Waals surface area (Å²) >= 11 is 0. The minimum Gasteiger partial charge on any atom is -0.506 e. The number of phenolic OH excluding ortho intramolecular Hbond substituents is 1. The van der Waals surface area contributed by atoms with Gasteiger partial charge in [-0.3, -0.25) is 4.79 Å². The Morgan fingerprint density at radius 3 is 2.15 bits per heavy atom. The highest BCUT2D eigenvalue weighted by atomic mass is 19.4. The Hall–Kier alpha value is -4.01. The van der Waals surface area contributed by atoms with E-state index in [1.807, 2.05) is 43.3 Å². The lowest BCUT2D eigenvalue weighted by molar-refractivity contribution is -0.140. The number of esters is 2. The summed E-state index contributed by atoms with van der Waals surface area (Å²) in [5.74, 6) is -2.16. The standard InChI is InChI=1S/C30H31F3O6/c1-6-19-16-22(12-13-23(19)20-9-7-18(8-10-20)15-25(34)37-5)38-17-21-11-14-24(30(31,32)33)27(35)26(21)28(36)39-29(2,3)4/h7-14,16,35H,6,15,17H2,1-5H3. The number of alkyl halides is 3. The fourth-order valence-electron chi connectivity index (χ4n) is 3.97. The third-order valence-corrected chi connectivity index (χ3v) is 5.87. The molecule has 0 bridgehead atoms. The van der Waals surface area contributed by atoms with Crippen LogP contribution in [0.1, 0.15) is 60.3 Å². The van der Waals surface area contributed by atoms with E-state index in [1.165, 1.54) is 7.11 Å². The van der Waals surface area contributed by atoms with Gasteiger partial charge in [0.1, 0.15) is 29.3 Å². The van der Waals surface area contributed by atoms with Gasteiger partial charge in [0.2, 0.25) is 0 Å². The lowest BCUT2D eigenvalue weighted by Gasteiger charge is -2.22. The van der Waals surface area contributed by atoms with Crippen LogP contribution in [0.25, 0.3) is 11.1 Å². The van der Waals surface area contributed by atoms with Crippen LogP contribution in [0.5, 0.6) is 11.5 Å². The zero-order valence-corrected chi connectivity index (χ0v) is 22.4. The van der Waals surface area contributed by atoms with Gasteiger partial charge < -0.3 is 19.3 Å². The van der Waals surface area contributed by atoms with Crippen molar-refractivity contribution in [3.05, 3.63) is 82.4 Å². The summed E-state index contributed by atoms with van der Waals surface area (Å²) in [6, 6.07) is 14.7. The van der Waals surface area contributed by atoms with Crippen LogP contribution < -0.4 is 4.74 Å². The third-order valence-electron chi connectivity index (χ3n) is 5.87. The van der Waals surface area contributed by atoms with E-state index in [0.29, 0.717) is 18.2 Å². The number of benzene rings is 3. The van der Waals surface area contributed by atoms with Gasteiger partial charge in [0.05, 0.1) is 19.1 Å². The first kappa shape index (κ1) is 29.5. The average molecular weight is 545 g/mol. The summed E-state index contributed by atoms with van der Waals surface area (Å²) < 4.78 is 56.0. The Balaban J connectivity index is 1.88. The first-order valence-corrected chi connectivity index (χ1v) is 12.3. The van der Waals surface area contributed by atoms with Crippen LogP contribution in [-0.2, 0) is 39.9 Å². The summed E-state index contributed by atoms with van der Waals surface area (Å²) in [7, 11) is 1.34. The molecule has 0 aliphatic carbocycles. The zero-order chi connectivity index (χ0) is 29.0. The van der Waals surface area contributed by atoms with Crippen LogP contribution in [0.2, 0.25) is 0 Å². The first-order valence-electron chi connectivity index (χ1n) is 12.3. The van der Waals surface area contributed by atoms with E-state index in [9.17, 15) is 27.9 Å². The molecule has 0 spiro atoms. The number of carbonyl (C=O) groups is 2. The highest BCUT2D eigenvalue weighted by Crippen LogP contribution is 2.40. The van der Waals surface area contributed by atoms with E-state index in [1.54, 1.807) is 26.8 Å². The highest BCUT2D eigenvalue weighted by Gasteiger charge is 2.37. The molecule has 6 nitrogen and oxygen atoms in total. The predicted molar refractivity (Wildman–Crippen MR) is 140 cm³/mol. The van der Waals surface area contributed by atoms with Crippen LogP contribution in [0.3, 0.4) is 0 Å². The number of hydrogen-bond acceptors (Lipinski definition) is 6. The van der Waals surface area contributed by atoms with E-state index in [4.69, 9.17) is 14.2 Å². The van der Waals surface area contributed by atoms with Crippen molar-refractivity contribution in [2.24, 2.45) is 0 Å². The number of aryl methyl sites for hydroxylation is 1. The van der Waals surface area contributed by atoms with E-state index >= 15 is 0 Å². The molecule has 208 valence electrons.